The Balaban J connectivity index is 1.86. The average molecular weight is 327 g/mol. The Morgan fingerprint density at radius 3 is 2.46 bits per heavy atom. The van der Waals surface area contributed by atoms with Crippen molar-refractivity contribution < 1.29 is 19.1 Å². The van der Waals surface area contributed by atoms with Crippen LogP contribution in [0.15, 0.2) is 48.5 Å². The Hall–Kier alpha value is -2.69. The molecule has 0 saturated carbocycles. The number of hydrogen-bond donors (Lipinski definition) is 1. The van der Waals surface area contributed by atoms with E-state index in [0.29, 0.717) is 12.1 Å². The van der Waals surface area contributed by atoms with Crippen molar-refractivity contribution in [2.45, 2.75) is 12.8 Å². The number of halogens is 1. The summed E-state index contributed by atoms with van der Waals surface area (Å²) in [6, 6.07) is 13.7. The minimum Gasteiger partial charge on any atom is -0.481 e. The Kier molecular flexibility index (Phi) is 4.34. The molecule has 0 spiro atoms. The zero-order chi connectivity index (χ0) is 17.3. The van der Waals surface area contributed by atoms with Gasteiger partial charge in [0.15, 0.2) is 0 Å². The fourth-order valence-corrected chi connectivity index (χ4v) is 3.17. The molecule has 1 heterocycles. The number of likely N-dealkylation sites (tertiary alicyclic amines) is 1. The van der Waals surface area contributed by atoms with Gasteiger partial charge in [-0.25, -0.2) is 4.39 Å². The Morgan fingerprint density at radius 1 is 1.12 bits per heavy atom. The summed E-state index contributed by atoms with van der Waals surface area (Å²) in [5, 5.41) is 9.50. The molecule has 5 heteroatoms. The molecule has 24 heavy (non-hydrogen) atoms. The molecular formula is C19H18FNO3. The third kappa shape index (κ3) is 3.02. The van der Waals surface area contributed by atoms with Crippen molar-refractivity contribution in [2.24, 2.45) is 5.92 Å². The second-order valence-electron chi connectivity index (χ2n) is 6.14. The van der Waals surface area contributed by atoms with Gasteiger partial charge in [0.25, 0.3) is 5.91 Å². The first-order chi connectivity index (χ1) is 11.5. The fourth-order valence-electron chi connectivity index (χ4n) is 3.17. The van der Waals surface area contributed by atoms with Crippen molar-refractivity contribution in [1.82, 2.24) is 4.90 Å². The molecule has 2 aromatic carbocycles. The largest absolute Gasteiger partial charge is 0.481 e. The molecule has 0 bridgehead atoms. The van der Waals surface area contributed by atoms with Crippen LogP contribution in [0.1, 0.15) is 27.4 Å². The Labute approximate surface area is 139 Å². The molecule has 1 aliphatic heterocycles. The third-order valence-corrected chi connectivity index (χ3v) is 4.57. The van der Waals surface area contributed by atoms with Crippen LogP contribution in [0.5, 0.6) is 0 Å². The number of hydrogen-bond acceptors (Lipinski definition) is 2. The number of carboxylic acid groups (broad SMARTS) is 1. The normalized spacial score (nSPS) is 20.2. The predicted molar refractivity (Wildman–Crippen MR) is 87.3 cm³/mol. The zero-order valence-corrected chi connectivity index (χ0v) is 13.3. The van der Waals surface area contributed by atoms with Gasteiger partial charge in [-0.1, -0.05) is 36.4 Å². The topological polar surface area (TPSA) is 57.6 Å². The van der Waals surface area contributed by atoms with Crippen molar-refractivity contribution >= 4 is 11.9 Å². The van der Waals surface area contributed by atoms with E-state index in [1.807, 2.05) is 30.3 Å². The molecule has 0 unspecified atom stereocenters. The minimum atomic E-state index is -0.922. The number of aryl methyl sites for hydroxylation is 1. The van der Waals surface area contributed by atoms with E-state index in [-0.39, 0.29) is 23.9 Å². The fraction of sp³-hybridized carbons (Fsp3) is 0.263. The van der Waals surface area contributed by atoms with Gasteiger partial charge in [0.05, 0.1) is 5.92 Å². The molecule has 1 N–H and O–H groups in total. The molecule has 0 radical (unpaired) electrons. The summed E-state index contributed by atoms with van der Waals surface area (Å²) in [6.07, 6.45) is 0. The highest BCUT2D eigenvalue weighted by atomic mass is 19.1. The molecule has 1 fully saturated rings. The van der Waals surface area contributed by atoms with Crippen molar-refractivity contribution in [2.75, 3.05) is 13.1 Å². The van der Waals surface area contributed by atoms with Crippen molar-refractivity contribution in [1.29, 1.82) is 0 Å². The predicted octanol–water partition coefficient (Wildman–Crippen LogP) is 3.07. The maximum Gasteiger partial charge on any atom is 0.308 e. The second-order valence-corrected chi connectivity index (χ2v) is 6.14. The number of carboxylic acids is 1. The smallest absolute Gasteiger partial charge is 0.308 e. The molecule has 2 atom stereocenters. The molecule has 2 aromatic rings. The highest BCUT2D eigenvalue weighted by Crippen LogP contribution is 2.33. The summed E-state index contributed by atoms with van der Waals surface area (Å²) in [5.74, 6) is -2.61. The lowest BCUT2D eigenvalue weighted by atomic mass is 9.89. The number of rotatable bonds is 3. The van der Waals surface area contributed by atoms with E-state index in [4.69, 9.17) is 0 Å². The van der Waals surface area contributed by atoms with E-state index in [1.54, 1.807) is 19.1 Å². The van der Waals surface area contributed by atoms with Gasteiger partial charge in [-0.3, -0.25) is 9.59 Å². The van der Waals surface area contributed by atoms with Gasteiger partial charge in [0.2, 0.25) is 0 Å². The quantitative estimate of drug-likeness (QED) is 0.942. The summed E-state index contributed by atoms with van der Waals surface area (Å²) in [4.78, 5) is 25.7. The van der Waals surface area contributed by atoms with Gasteiger partial charge >= 0.3 is 5.97 Å². The molecule has 1 saturated heterocycles. The second kappa shape index (κ2) is 6.43. The molecule has 4 nitrogen and oxygen atoms in total. The van der Waals surface area contributed by atoms with Crippen LogP contribution in [0.25, 0.3) is 0 Å². The summed E-state index contributed by atoms with van der Waals surface area (Å²) in [5.41, 5.74) is 1.62. The maximum absolute atomic E-state index is 13.7. The number of nitrogens with zero attached hydrogens (tertiary/aromatic N) is 1. The standard InChI is InChI=1S/C19H18FNO3/c1-12-7-8-14(9-17(12)20)18(22)21-10-15(16(11-21)19(23)24)13-5-3-2-4-6-13/h2-9,15-16H,10-11H2,1H3,(H,23,24)/t15-,16-/m0/s1. The van der Waals surface area contributed by atoms with E-state index in [1.165, 1.54) is 11.0 Å². The van der Waals surface area contributed by atoms with Crippen molar-refractivity contribution in [3.05, 3.63) is 71.0 Å². The SMILES string of the molecule is Cc1ccc(C(=O)N2C[C@H](C(=O)O)[C@H](c3ccccc3)C2)cc1F. The summed E-state index contributed by atoms with van der Waals surface area (Å²) in [6.45, 7) is 2.07. The highest BCUT2D eigenvalue weighted by Gasteiger charge is 2.40. The number of carbonyl (C=O) groups excluding carboxylic acids is 1. The lowest BCUT2D eigenvalue weighted by molar-refractivity contribution is -0.141. The number of aliphatic carboxylic acids is 1. The molecule has 0 aromatic heterocycles. The lowest BCUT2D eigenvalue weighted by Gasteiger charge is -2.17. The van der Waals surface area contributed by atoms with Crippen LogP contribution in [0.2, 0.25) is 0 Å². The monoisotopic (exact) mass is 327 g/mol. The van der Waals surface area contributed by atoms with E-state index in [0.717, 1.165) is 5.56 Å². The molecule has 1 aliphatic rings. The summed E-state index contributed by atoms with van der Waals surface area (Å²) in [7, 11) is 0. The molecule has 124 valence electrons. The summed E-state index contributed by atoms with van der Waals surface area (Å²) >= 11 is 0. The number of benzene rings is 2. The van der Waals surface area contributed by atoms with Crippen molar-refractivity contribution in [3.8, 4) is 0 Å². The van der Waals surface area contributed by atoms with Crippen LogP contribution in [0, 0.1) is 18.7 Å². The lowest BCUT2D eigenvalue weighted by Crippen LogP contribution is -2.30. The van der Waals surface area contributed by atoms with E-state index < -0.39 is 17.7 Å². The molecule has 1 amide bonds. The average Bonchev–Trinajstić information content (AvgIpc) is 3.03. The first-order valence-corrected chi connectivity index (χ1v) is 7.80. The van der Waals surface area contributed by atoms with Gasteiger partial charge in [0.1, 0.15) is 5.82 Å². The minimum absolute atomic E-state index is 0.128. The zero-order valence-electron chi connectivity index (χ0n) is 13.3. The first-order valence-electron chi connectivity index (χ1n) is 7.80. The number of carbonyl (C=O) groups is 2. The van der Waals surface area contributed by atoms with Crippen LogP contribution in [-0.4, -0.2) is 35.0 Å². The van der Waals surface area contributed by atoms with E-state index >= 15 is 0 Å². The van der Waals surface area contributed by atoms with Crippen LogP contribution in [-0.2, 0) is 4.79 Å². The number of amides is 1. The molecule has 0 aliphatic carbocycles. The van der Waals surface area contributed by atoms with Gasteiger partial charge in [-0.15, -0.1) is 0 Å². The Bertz CT molecular complexity index is 775. The summed E-state index contributed by atoms with van der Waals surface area (Å²) < 4.78 is 13.7. The molecular weight excluding hydrogens is 309 g/mol. The van der Waals surface area contributed by atoms with Crippen LogP contribution in [0.3, 0.4) is 0 Å². The van der Waals surface area contributed by atoms with E-state index in [9.17, 15) is 19.1 Å². The van der Waals surface area contributed by atoms with Crippen molar-refractivity contribution in [3.63, 3.8) is 0 Å². The maximum atomic E-state index is 13.7. The first kappa shape index (κ1) is 16.2. The Morgan fingerprint density at radius 2 is 1.83 bits per heavy atom. The van der Waals surface area contributed by atoms with Crippen LogP contribution >= 0.6 is 0 Å². The van der Waals surface area contributed by atoms with Gasteiger partial charge in [0, 0.05) is 24.6 Å². The van der Waals surface area contributed by atoms with E-state index in [2.05, 4.69) is 0 Å². The highest BCUT2D eigenvalue weighted by molar-refractivity contribution is 5.95. The molecule has 3 rings (SSSR count). The van der Waals surface area contributed by atoms with Crippen LogP contribution < -0.4 is 0 Å². The van der Waals surface area contributed by atoms with Gasteiger partial charge < -0.3 is 10.0 Å². The van der Waals surface area contributed by atoms with Crippen LogP contribution in [0.4, 0.5) is 4.39 Å². The van der Waals surface area contributed by atoms with Gasteiger partial charge in [-0.2, -0.15) is 0 Å². The third-order valence-electron chi connectivity index (χ3n) is 4.57. The van der Waals surface area contributed by atoms with Gasteiger partial charge in [-0.05, 0) is 30.2 Å².